The summed E-state index contributed by atoms with van der Waals surface area (Å²) < 4.78 is 10.4. The van der Waals surface area contributed by atoms with Gasteiger partial charge in [-0.05, 0) is 18.8 Å². The van der Waals surface area contributed by atoms with Crippen LogP contribution >= 0.6 is 0 Å². The number of carbonyl (C=O) groups excluding carboxylic acids is 1. The average Bonchev–Trinajstić information content (AvgIpc) is 2.74. The summed E-state index contributed by atoms with van der Waals surface area (Å²) in [6.45, 7) is 3.32. The molecule has 2 aliphatic heterocycles. The summed E-state index contributed by atoms with van der Waals surface area (Å²) in [5.74, 6) is 0.424. The van der Waals surface area contributed by atoms with E-state index >= 15 is 0 Å². The molecule has 0 aromatic carbocycles. The number of hydrogen-bond donors (Lipinski definition) is 2. The van der Waals surface area contributed by atoms with Gasteiger partial charge in [0.2, 0.25) is 5.91 Å². The number of nitrogens with one attached hydrogen (secondary N) is 1. The minimum Gasteiger partial charge on any atom is -0.381 e. The van der Waals surface area contributed by atoms with E-state index in [0.717, 1.165) is 32.6 Å². The zero-order chi connectivity index (χ0) is 11.4. The first-order valence-electron chi connectivity index (χ1n) is 5.96. The van der Waals surface area contributed by atoms with E-state index in [-0.39, 0.29) is 17.9 Å². The summed E-state index contributed by atoms with van der Waals surface area (Å²) in [5, 5.41) is 2.97. The van der Waals surface area contributed by atoms with E-state index in [9.17, 15) is 4.79 Å². The van der Waals surface area contributed by atoms with Gasteiger partial charge in [-0.3, -0.25) is 4.79 Å². The predicted octanol–water partition coefficient (Wildman–Crippen LogP) is -0.497. The molecule has 0 spiro atoms. The molecular weight excluding hydrogens is 208 g/mol. The van der Waals surface area contributed by atoms with Crippen LogP contribution in [0.3, 0.4) is 0 Å². The SMILES string of the molecule is NC1COCC1C(=O)NCC1CCOCC1. The molecule has 2 saturated heterocycles. The quantitative estimate of drug-likeness (QED) is 0.683. The summed E-state index contributed by atoms with van der Waals surface area (Å²) in [6, 6.07) is -0.144. The minimum absolute atomic E-state index is 0.0384. The Morgan fingerprint density at radius 1 is 1.25 bits per heavy atom. The van der Waals surface area contributed by atoms with Crippen molar-refractivity contribution in [3.8, 4) is 0 Å². The van der Waals surface area contributed by atoms with Crippen LogP contribution in [0.5, 0.6) is 0 Å². The van der Waals surface area contributed by atoms with Gasteiger partial charge < -0.3 is 20.5 Å². The lowest BCUT2D eigenvalue weighted by Gasteiger charge is -2.23. The molecule has 5 nitrogen and oxygen atoms in total. The number of carbonyl (C=O) groups is 1. The Balaban J connectivity index is 1.70. The molecule has 1 amide bonds. The lowest BCUT2D eigenvalue weighted by molar-refractivity contribution is -0.125. The summed E-state index contributed by atoms with van der Waals surface area (Å²) in [5.41, 5.74) is 5.78. The van der Waals surface area contributed by atoms with Gasteiger partial charge >= 0.3 is 0 Å². The lowest BCUT2D eigenvalue weighted by Crippen LogP contribution is -2.43. The molecule has 2 fully saturated rings. The Labute approximate surface area is 95.7 Å². The first-order valence-corrected chi connectivity index (χ1v) is 5.96. The number of rotatable bonds is 3. The van der Waals surface area contributed by atoms with Crippen molar-refractivity contribution in [3.63, 3.8) is 0 Å². The molecule has 0 radical (unpaired) electrons. The van der Waals surface area contributed by atoms with Crippen molar-refractivity contribution in [2.45, 2.75) is 18.9 Å². The fourth-order valence-electron chi connectivity index (χ4n) is 2.17. The number of ether oxygens (including phenoxy) is 2. The molecule has 16 heavy (non-hydrogen) atoms. The molecule has 5 heteroatoms. The maximum atomic E-state index is 11.8. The second kappa shape index (κ2) is 5.61. The van der Waals surface area contributed by atoms with Crippen molar-refractivity contribution >= 4 is 5.91 Å². The highest BCUT2D eigenvalue weighted by molar-refractivity contribution is 5.79. The Kier molecular flexibility index (Phi) is 4.15. The van der Waals surface area contributed by atoms with Gasteiger partial charge in [-0.15, -0.1) is 0 Å². The van der Waals surface area contributed by atoms with E-state index in [1.165, 1.54) is 0 Å². The van der Waals surface area contributed by atoms with Gasteiger partial charge in [0.15, 0.2) is 0 Å². The maximum Gasteiger partial charge on any atom is 0.227 e. The van der Waals surface area contributed by atoms with Gasteiger partial charge in [-0.25, -0.2) is 0 Å². The zero-order valence-electron chi connectivity index (χ0n) is 9.48. The predicted molar refractivity (Wildman–Crippen MR) is 58.8 cm³/mol. The topological polar surface area (TPSA) is 73.6 Å². The Morgan fingerprint density at radius 3 is 2.62 bits per heavy atom. The van der Waals surface area contributed by atoms with Gasteiger partial charge in [0.05, 0.1) is 19.1 Å². The largest absolute Gasteiger partial charge is 0.381 e. The first kappa shape index (κ1) is 11.8. The Bertz CT molecular complexity index is 241. The lowest BCUT2D eigenvalue weighted by atomic mass is 9.99. The van der Waals surface area contributed by atoms with Crippen molar-refractivity contribution in [3.05, 3.63) is 0 Å². The Morgan fingerprint density at radius 2 is 2.00 bits per heavy atom. The summed E-state index contributed by atoms with van der Waals surface area (Å²) in [7, 11) is 0. The maximum absolute atomic E-state index is 11.8. The van der Waals surface area contributed by atoms with Gasteiger partial charge in [0.1, 0.15) is 0 Å². The molecule has 0 aromatic rings. The minimum atomic E-state index is -0.167. The van der Waals surface area contributed by atoms with Crippen molar-refractivity contribution in [1.29, 1.82) is 0 Å². The second-order valence-electron chi connectivity index (χ2n) is 4.61. The molecule has 3 N–H and O–H groups in total. The van der Waals surface area contributed by atoms with Crippen molar-refractivity contribution in [2.75, 3.05) is 33.0 Å². The molecular formula is C11H20N2O3. The van der Waals surface area contributed by atoms with Gasteiger partial charge in [0, 0.05) is 25.8 Å². The molecule has 0 aromatic heterocycles. The highest BCUT2D eigenvalue weighted by atomic mass is 16.5. The fraction of sp³-hybridized carbons (Fsp3) is 0.909. The third kappa shape index (κ3) is 2.93. The van der Waals surface area contributed by atoms with Crippen LogP contribution in [0.25, 0.3) is 0 Å². The highest BCUT2D eigenvalue weighted by Crippen LogP contribution is 2.15. The van der Waals surface area contributed by atoms with E-state index in [2.05, 4.69) is 5.32 Å². The van der Waals surface area contributed by atoms with Crippen LogP contribution < -0.4 is 11.1 Å². The van der Waals surface area contributed by atoms with Crippen molar-refractivity contribution in [2.24, 2.45) is 17.6 Å². The van der Waals surface area contributed by atoms with Crippen LogP contribution in [0, 0.1) is 11.8 Å². The molecule has 2 atom stereocenters. The van der Waals surface area contributed by atoms with Gasteiger partial charge in [0.25, 0.3) is 0 Å². The van der Waals surface area contributed by atoms with Crippen LogP contribution in [0.1, 0.15) is 12.8 Å². The summed E-state index contributed by atoms with van der Waals surface area (Å²) >= 11 is 0. The van der Waals surface area contributed by atoms with Crippen LogP contribution in [-0.4, -0.2) is 44.9 Å². The third-order valence-electron chi connectivity index (χ3n) is 3.37. The molecule has 0 bridgehead atoms. The second-order valence-corrected chi connectivity index (χ2v) is 4.61. The van der Waals surface area contributed by atoms with Gasteiger partial charge in [-0.2, -0.15) is 0 Å². The van der Waals surface area contributed by atoms with Crippen molar-refractivity contribution in [1.82, 2.24) is 5.32 Å². The molecule has 2 unspecified atom stereocenters. The van der Waals surface area contributed by atoms with Crippen LogP contribution in [-0.2, 0) is 14.3 Å². The van der Waals surface area contributed by atoms with E-state index in [4.69, 9.17) is 15.2 Å². The fourth-order valence-corrected chi connectivity index (χ4v) is 2.17. The first-order chi connectivity index (χ1) is 7.77. The van der Waals surface area contributed by atoms with Gasteiger partial charge in [-0.1, -0.05) is 0 Å². The molecule has 92 valence electrons. The monoisotopic (exact) mass is 228 g/mol. The third-order valence-corrected chi connectivity index (χ3v) is 3.37. The number of nitrogens with two attached hydrogens (primary N) is 1. The highest BCUT2D eigenvalue weighted by Gasteiger charge is 2.31. The normalized spacial score (nSPS) is 31.6. The molecule has 2 rings (SSSR count). The molecule has 0 saturated carbocycles. The van der Waals surface area contributed by atoms with Crippen LogP contribution in [0.2, 0.25) is 0 Å². The number of hydrogen-bond acceptors (Lipinski definition) is 4. The molecule has 2 heterocycles. The van der Waals surface area contributed by atoms with E-state index in [0.29, 0.717) is 19.1 Å². The van der Waals surface area contributed by atoms with Crippen LogP contribution in [0.4, 0.5) is 0 Å². The smallest absolute Gasteiger partial charge is 0.227 e. The molecule has 2 aliphatic rings. The van der Waals surface area contributed by atoms with Crippen molar-refractivity contribution < 1.29 is 14.3 Å². The summed E-state index contributed by atoms with van der Waals surface area (Å²) in [6.07, 6.45) is 2.07. The number of amides is 1. The molecule has 0 aliphatic carbocycles. The average molecular weight is 228 g/mol. The van der Waals surface area contributed by atoms with E-state index in [1.807, 2.05) is 0 Å². The Hall–Kier alpha value is -0.650. The van der Waals surface area contributed by atoms with E-state index < -0.39 is 0 Å². The standard InChI is InChI=1S/C11H20N2O3/c12-10-7-16-6-9(10)11(14)13-5-8-1-3-15-4-2-8/h8-10H,1-7,12H2,(H,13,14). The zero-order valence-corrected chi connectivity index (χ0v) is 9.48. The summed E-state index contributed by atoms with van der Waals surface area (Å²) in [4.78, 5) is 11.8. The van der Waals surface area contributed by atoms with Crippen LogP contribution in [0.15, 0.2) is 0 Å². The van der Waals surface area contributed by atoms with E-state index in [1.54, 1.807) is 0 Å².